The van der Waals surface area contributed by atoms with Gasteiger partial charge in [0.25, 0.3) is 0 Å². The second-order valence-corrected chi connectivity index (χ2v) is 7.03. The minimum absolute atomic E-state index is 0.451. The molecule has 0 spiro atoms. The Morgan fingerprint density at radius 1 is 1.15 bits per heavy atom. The van der Waals surface area contributed by atoms with E-state index in [2.05, 4.69) is 46.4 Å². The van der Waals surface area contributed by atoms with Crippen LogP contribution in [0, 0.1) is 11.3 Å². The molecule has 1 atom stereocenters. The van der Waals surface area contributed by atoms with E-state index in [0.717, 1.165) is 5.92 Å². The topological polar surface area (TPSA) is 0 Å². The Hall–Kier alpha value is 0.350. The van der Waals surface area contributed by atoms with E-state index in [1.807, 2.05) is 0 Å². The summed E-state index contributed by atoms with van der Waals surface area (Å²) in [6.07, 6.45) is 4.27. The molecule has 1 unspecified atom stereocenters. The van der Waals surface area contributed by atoms with Gasteiger partial charge in [-0.1, -0.05) is 41.0 Å². The second-order valence-electron chi connectivity index (χ2n) is 5.60. The van der Waals surface area contributed by atoms with Gasteiger partial charge in [0.05, 0.1) is 0 Å². The van der Waals surface area contributed by atoms with Gasteiger partial charge >= 0.3 is 0 Å². The minimum atomic E-state index is 0.451. The summed E-state index contributed by atoms with van der Waals surface area (Å²) in [4.78, 5) is 0. The highest BCUT2D eigenvalue weighted by Gasteiger charge is 2.45. The average Bonchev–Trinajstić information content (AvgIpc) is 2.03. The van der Waals surface area contributed by atoms with Crippen LogP contribution in [0.15, 0.2) is 0 Å². The maximum atomic E-state index is 2.41. The molecule has 1 saturated heterocycles. The fourth-order valence-electron chi connectivity index (χ4n) is 2.73. The molecule has 0 saturated carbocycles. The molecule has 13 heavy (non-hydrogen) atoms. The lowest BCUT2D eigenvalue weighted by atomic mass is 9.70. The molecule has 0 aliphatic carbocycles. The zero-order chi connectivity index (χ0) is 10.1. The van der Waals surface area contributed by atoms with Crippen molar-refractivity contribution in [2.24, 2.45) is 11.3 Å². The molecule has 0 aromatic rings. The molecule has 0 nitrogen and oxygen atoms in total. The lowest BCUT2D eigenvalue weighted by molar-refractivity contribution is 0.198. The van der Waals surface area contributed by atoms with Gasteiger partial charge in [-0.2, -0.15) is 11.8 Å². The van der Waals surface area contributed by atoms with Crippen molar-refractivity contribution in [2.45, 2.75) is 58.6 Å². The van der Waals surface area contributed by atoms with E-state index in [0.29, 0.717) is 10.2 Å². The average molecular weight is 200 g/mol. The molecule has 0 bridgehead atoms. The third kappa shape index (κ3) is 2.06. The van der Waals surface area contributed by atoms with Gasteiger partial charge in [-0.25, -0.2) is 0 Å². The van der Waals surface area contributed by atoms with Gasteiger partial charge in [0, 0.05) is 4.75 Å². The molecule has 78 valence electrons. The van der Waals surface area contributed by atoms with Crippen LogP contribution < -0.4 is 0 Å². The molecule has 0 aromatic heterocycles. The summed E-state index contributed by atoms with van der Waals surface area (Å²) in [5, 5.41) is 0. The van der Waals surface area contributed by atoms with Crippen LogP contribution in [0.3, 0.4) is 0 Å². The van der Waals surface area contributed by atoms with Gasteiger partial charge < -0.3 is 0 Å². The van der Waals surface area contributed by atoms with Gasteiger partial charge in [-0.05, 0) is 29.9 Å². The van der Waals surface area contributed by atoms with Crippen LogP contribution in [-0.2, 0) is 0 Å². The largest absolute Gasteiger partial charge is 0.154 e. The Labute approximate surface area is 87.9 Å². The molecule has 0 aromatic carbocycles. The predicted molar refractivity (Wildman–Crippen MR) is 63.3 cm³/mol. The third-order valence-electron chi connectivity index (χ3n) is 3.50. The van der Waals surface area contributed by atoms with Crippen LogP contribution in [-0.4, -0.2) is 10.5 Å². The van der Waals surface area contributed by atoms with Crippen molar-refractivity contribution in [2.75, 3.05) is 5.75 Å². The van der Waals surface area contributed by atoms with E-state index < -0.39 is 0 Å². The molecule has 1 fully saturated rings. The summed E-state index contributed by atoms with van der Waals surface area (Å²) in [7, 11) is 0. The van der Waals surface area contributed by atoms with Crippen molar-refractivity contribution in [3.8, 4) is 0 Å². The van der Waals surface area contributed by atoms with Gasteiger partial charge in [0.2, 0.25) is 0 Å². The van der Waals surface area contributed by atoms with E-state index in [1.165, 1.54) is 25.0 Å². The quantitative estimate of drug-likeness (QED) is 0.606. The first-order valence-corrected chi connectivity index (χ1v) is 6.53. The normalized spacial score (nSPS) is 30.9. The van der Waals surface area contributed by atoms with Crippen LogP contribution in [0.4, 0.5) is 0 Å². The molecular weight excluding hydrogens is 176 g/mol. The van der Waals surface area contributed by atoms with Crippen LogP contribution in [0.5, 0.6) is 0 Å². The lowest BCUT2D eigenvalue weighted by Gasteiger charge is -2.50. The molecule has 1 heteroatoms. The first-order chi connectivity index (χ1) is 5.90. The van der Waals surface area contributed by atoms with E-state index >= 15 is 0 Å². The lowest BCUT2D eigenvalue weighted by Crippen LogP contribution is -2.46. The van der Waals surface area contributed by atoms with E-state index in [9.17, 15) is 0 Å². The molecule has 1 rings (SSSR count). The summed E-state index contributed by atoms with van der Waals surface area (Å²) < 4.78 is 0.533. The molecule has 1 heterocycles. The number of hydrogen-bond acceptors (Lipinski definition) is 1. The van der Waals surface area contributed by atoms with E-state index in [4.69, 9.17) is 0 Å². The Balaban J connectivity index is 2.86. The minimum Gasteiger partial charge on any atom is -0.154 e. The summed E-state index contributed by atoms with van der Waals surface area (Å²) >= 11 is 2.23. The van der Waals surface area contributed by atoms with Crippen LogP contribution in [0.2, 0.25) is 0 Å². The maximum absolute atomic E-state index is 2.41. The Morgan fingerprint density at radius 3 is 2.00 bits per heavy atom. The Bertz CT molecular complexity index is 158. The smallest absolute Gasteiger partial charge is 0.0231 e. The molecule has 0 amide bonds. The highest BCUT2D eigenvalue weighted by atomic mass is 32.2. The summed E-state index contributed by atoms with van der Waals surface area (Å²) in [5.74, 6) is 2.17. The second kappa shape index (κ2) is 3.84. The fourth-order valence-corrected chi connectivity index (χ4v) is 4.50. The number of hydrogen-bond donors (Lipinski definition) is 0. The van der Waals surface area contributed by atoms with Crippen molar-refractivity contribution in [3.05, 3.63) is 0 Å². The fraction of sp³-hybridized carbons (Fsp3) is 1.00. The zero-order valence-corrected chi connectivity index (χ0v) is 10.6. The molecule has 1 aliphatic rings. The van der Waals surface area contributed by atoms with Crippen molar-refractivity contribution in [3.63, 3.8) is 0 Å². The standard InChI is InChI=1S/C12H24S/c1-10(2)12(11(3,4)5)8-6-7-9-13-12/h10H,6-9H2,1-5H3. The number of thioether (sulfide) groups is 1. The van der Waals surface area contributed by atoms with Crippen molar-refractivity contribution in [1.82, 2.24) is 0 Å². The van der Waals surface area contributed by atoms with Crippen LogP contribution in [0.25, 0.3) is 0 Å². The molecule has 0 radical (unpaired) electrons. The van der Waals surface area contributed by atoms with Gasteiger partial charge in [0.1, 0.15) is 0 Å². The van der Waals surface area contributed by atoms with Gasteiger partial charge in [-0.15, -0.1) is 0 Å². The van der Waals surface area contributed by atoms with Crippen LogP contribution >= 0.6 is 11.8 Å². The maximum Gasteiger partial charge on any atom is 0.0231 e. The highest BCUT2D eigenvalue weighted by Crippen LogP contribution is 2.53. The van der Waals surface area contributed by atoms with Gasteiger partial charge in [0.15, 0.2) is 0 Å². The van der Waals surface area contributed by atoms with Crippen molar-refractivity contribution >= 4 is 11.8 Å². The first-order valence-electron chi connectivity index (χ1n) is 5.54. The SMILES string of the molecule is CC(C)C1(C(C)(C)C)CCCCS1. The monoisotopic (exact) mass is 200 g/mol. The Kier molecular flexibility index (Phi) is 3.38. The summed E-state index contributed by atoms with van der Waals surface area (Å²) in [6.45, 7) is 12.0. The van der Waals surface area contributed by atoms with E-state index in [-0.39, 0.29) is 0 Å². The predicted octanol–water partition coefficient (Wildman–Crippen LogP) is 4.34. The number of rotatable bonds is 1. The van der Waals surface area contributed by atoms with Gasteiger partial charge in [-0.3, -0.25) is 0 Å². The summed E-state index contributed by atoms with van der Waals surface area (Å²) in [5.41, 5.74) is 0.451. The molecule has 0 N–H and O–H groups in total. The molecule has 1 aliphatic heterocycles. The summed E-state index contributed by atoms with van der Waals surface area (Å²) in [6, 6.07) is 0. The third-order valence-corrected chi connectivity index (χ3v) is 5.80. The van der Waals surface area contributed by atoms with E-state index in [1.54, 1.807) is 0 Å². The Morgan fingerprint density at radius 2 is 1.77 bits per heavy atom. The van der Waals surface area contributed by atoms with Crippen LogP contribution in [0.1, 0.15) is 53.9 Å². The molecular formula is C12H24S. The first kappa shape index (κ1) is 11.4. The van der Waals surface area contributed by atoms with Crippen molar-refractivity contribution < 1.29 is 0 Å². The highest BCUT2D eigenvalue weighted by molar-refractivity contribution is 8.00. The zero-order valence-electron chi connectivity index (χ0n) is 9.81. The van der Waals surface area contributed by atoms with Crippen molar-refractivity contribution in [1.29, 1.82) is 0 Å².